The van der Waals surface area contributed by atoms with Crippen LogP contribution in [0.4, 0.5) is 4.39 Å². The Hall–Kier alpha value is -0.578. The molecular formula is C36H67FN2O6Si2Sn. The second kappa shape index (κ2) is 18.3. The average molecular weight is 818 g/mol. The Balaban J connectivity index is 2.40. The summed E-state index contributed by atoms with van der Waals surface area (Å²) in [5, 5.41) is 0. The summed E-state index contributed by atoms with van der Waals surface area (Å²) < 4.78 is 57.1. The predicted molar refractivity (Wildman–Crippen MR) is 200 cm³/mol. The van der Waals surface area contributed by atoms with Gasteiger partial charge in [-0.1, -0.05) is 0 Å². The number of hydrogen-bond acceptors (Lipinski definition) is 7. The first-order valence-corrected chi connectivity index (χ1v) is 30.4. The van der Waals surface area contributed by atoms with Crippen LogP contribution in [0.2, 0.25) is 35.5 Å². The quantitative estimate of drug-likeness (QED) is 0.145. The molecule has 0 radical (unpaired) electrons. The molecule has 2 aliphatic heterocycles. The van der Waals surface area contributed by atoms with Gasteiger partial charge in [0.2, 0.25) is 0 Å². The van der Waals surface area contributed by atoms with Crippen molar-refractivity contribution in [2.75, 3.05) is 13.2 Å². The van der Waals surface area contributed by atoms with Gasteiger partial charge in [0, 0.05) is 0 Å². The molecule has 12 heteroatoms. The Morgan fingerprint density at radius 2 is 1.44 bits per heavy atom. The third-order valence-corrected chi connectivity index (χ3v) is 35.6. The van der Waals surface area contributed by atoms with Crippen LogP contribution in [0.3, 0.4) is 0 Å². The molecule has 1 aromatic heterocycles. The van der Waals surface area contributed by atoms with Crippen LogP contribution in [0.5, 0.6) is 5.88 Å². The molecule has 8 nitrogen and oxygen atoms in total. The number of halogens is 1. The zero-order chi connectivity index (χ0) is 35.9. The van der Waals surface area contributed by atoms with Gasteiger partial charge in [-0.2, -0.15) is 0 Å². The van der Waals surface area contributed by atoms with Gasteiger partial charge in [-0.15, -0.1) is 0 Å². The molecule has 2 fully saturated rings. The predicted octanol–water partition coefficient (Wildman–Crippen LogP) is 10.1. The van der Waals surface area contributed by atoms with Gasteiger partial charge in [-0.3, -0.25) is 0 Å². The van der Waals surface area contributed by atoms with Gasteiger partial charge in [-0.05, 0) is 0 Å². The maximum atomic E-state index is 18.3. The van der Waals surface area contributed by atoms with Crippen molar-refractivity contribution in [3.63, 3.8) is 0 Å². The van der Waals surface area contributed by atoms with Crippen LogP contribution in [-0.4, -0.2) is 70.5 Å². The van der Waals surface area contributed by atoms with E-state index in [0.717, 1.165) is 51.8 Å². The second-order valence-electron chi connectivity index (χ2n) is 15.3. The fourth-order valence-corrected chi connectivity index (χ4v) is 34.4. The average Bonchev–Trinajstić information content (AvgIpc) is 3.36. The molecule has 2 aliphatic rings. The summed E-state index contributed by atoms with van der Waals surface area (Å²) in [5.41, 5.74) is 0.478. The third kappa shape index (κ3) is 8.71. The zero-order valence-electron chi connectivity index (χ0n) is 32.2. The third-order valence-electron chi connectivity index (χ3n) is 10.6. The van der Waals surface area contributed by atoms with Crippen molar-refractivity contribution in [3.8, 4) is 5.88 Å². The van der Waals surface area contributed by atoms with E-state index >= 15 is 4.39 Å². The van der Waals surface area contributed by atoms with E-state index in [1.54, 1.807) is 12.3 Å². The summed E-state index contributed by atoms with van der Waals surface area (Å²) in [6.45, 7) is 26.6. The zero-order valence-corrected chi connectivity index (χ0v) is 37.1. The van der Waals surface area contributed by atoms with Gasteiger partial charge in [0.25, 0.3) is 0 Å². The van der Waals surface area contributed by atoms with E-state index in [-0.39, 0.29) is 38.5 Å². The van der Waals surface area contributed by atoms with Crippen molar-refractivity contribution in [2.45, 2.75) is 176 Å². The molecule has 0 N–H and O–H groups in total. The molecule has 0 amide bonds. The van der Waals surface area contributed by atoms with E-state index in [9.17, 15) is 4.79 Å². The van der Waals surface area contributed by atoms with E-state index in [0.29, 0.717) is 12.2 Å². The van der Waals surface area contributed by atoms with Crippen molar-refractivity contribution < 1.29 is 26.8 Å². The Bertz CT molecular complexity index is 1220. The number of rotatable bonds is 17. The molecular weight excluding hydrogens is 750 g/mol. The van der Waals surface area contributed by atoms with Crippen molar-refractivity contribution in [3.05, 3.63) is 32.2 Å². The molecule has 0 bridgehead atoms. The number of hydrogen-bond donors (Lipinski definition) is 0. The monoisotopic (exact) mass is 818 g/mol. The normalized spacial score (nSPS) is 23.9. The fourth-order valence-electron chi connectivity index (χ4n) is 7.85. The molecule has 0 unspecified atom stereocenters. The van der Waals surface area contributed by atoms with Crippen LogP contribution in [0.25, 0.3) is 0 Å². The molecule has 3 heterocycles. The van der Waals surface area contributed by atoms with E-state index < -0.39 is 59.6 Å². The van der Waals surface area contributed by atoms with E-state index in [4.69, 9.17) is 22.4 Å². The van der Waals surface area contributed by atoms with Crippen molar-refractivity contribution in [1.82, 2.24) is 9.55 Å². The van der Waals surface area contributed by atoms with Crippen molar-refractivity contribution >= 4 is 35.5 Å². The van der Waals surface area contributed by atoms with Gasteiger partial charge in [0.05, 0.1) is 0 Å². The van der Waals surface area contributed by atoms with Gasteiger partial charge in [0.15, 0.2) is 0 Å². The molecule has 276 valence electrons. The van der Waals surface area contributed by atoms with Gasteiger partial charge >= 0.3 is 299 Å². The summed E-state index contributed by atoms with van der Waals surface area (Å²) in [4.78, 5) is 17.9. The number of ether oxygens (including phenoxy) is 2. The Labute approximate surface area is 297 Å². The molecule has 0 spiro atoms. The summed E-state index contributed by atoms with van der Waals surface area (Å²) in [7, 11) is -5.94. The number of fused-ring (bicyclic) bond motifs is 1. The summed E-state index contributed by atoms with van der Waals surface area (Å²) in [6, 6.07) is 1.67. The van der Waals surface area contributed by atoms with Crippen LogP contribution in [-0.2, 0) is 17.7 Å². The number of aromatic nitrogens is 2. The van der Waals surface area contributed by atoms with Crippen LogP contribution >= 0.6 is 0 Å². The molecule has 48 heavy (non-hydrogen) atoms. The minimum atomic E-state index is -3.70. The Kier molecular flexibility index (Phi) is 15.9. The molecule has 0 aliphatic carbocycles. The van der Waals surface area contributed by atoms with Crippen LogP contribution in [0.1, 0.15) is 128 Å². The van der Waals surface area contributed by atoms with E-state index in [1.807, 2.05) is 6.92 Å². The number of unbranched alkanes of at least 4 members (excludes halogenated alkanes) is 3. The second-order valence-corrected chi connectivity index (χ2v) is 37.0. The van der Waals surface area contributed by atoms with Gasteiger partial charge in [-0.25, -0.2) is 0 Å². The van der Waals surface area contributed by atoms with Gasteiger partial charge in [0.1, 0.15) is 0 Å². The molecule has 0 saturated carbocycles. The summed E-state index contributed by atoms with van der Waals surface area (Å²) in [6.07, 6.45) is 5.49. The summed E-state index contributed by atoms with van der Waals surface area (Å²) in [5.74, 6) is 0.250. The first kappa shape index (κ1) is 41.8. The van der Waals surface area contributed by atoms with Crippen LogP contribution in [0, 0.1) is 0 Å². The minimum absolute atomic E-state index is 0.0325. The Morgan fingerprint density at radius 3 is 1.88 bits per heavy atom. The molecule has 1 aromatic rings. The van der Waals surface area contributed by atoms with Gasteiger partial charge < -0.3 is 0 Å². The SMILES string of the molecule is CCC[CH2][Sn]([CH2]CCC)([CH2]CCC)/[C](F)=C1\[C@H](n2ccc(OCC)nc2=O)O[C@@H]2CO[Si](C(C)C)(C(C)C)O[Si](C(C)C)(C(C)C)O[C@@H]12. The summed E-state index contributed by atoms with van der Waals surface area (Å²) >= 11 is -3.70. The Morgan fingerprint density at radius 1 is 0.917 bits per heavy atom. The molecule has 0 aromatic carbocycles. The fraction of sp³-hybridized carbons (Fsp3) is 0.833. The molecule has 2 saturated heterocycles. The van der Waals surface area contributed by atoms with Crippen molar-refractivity contribution in [2.24, 2.45) is 0 Å². The first-order chi connectivity index (χ1) is 22.7. The van der Waals surface area contributed by atoms with Crippen LogP contribution < -0.4 is 10.4 Å². The van der Waals surface area contributed by atoms with E-state index in [1.165, 1.54) is 4.57 Å². The molecule has 3 rings (SSSR count). The van der Waals surface area contributed by atoms with E-state index in [2.05, 4.69) is 81.1 Å². The standard InChI is InChI=1S/C24H40FN2O6Si2.3C4H9.Sn/c1-10-29-21-11-12-27(24(28)26-21)23-19(13-25)22-20(31-23)14-30-34(15(2)3,16(4)5)33-35(32-22,17(6)7)18(8)9;3*1-3-4-2;/h11-12,15-18,20,22-23H,10,14H2,1-9H3;3*1,3-4H2,2H3;/t20-,22+,23-;;;;/m1..../s1. The first-order valence-electron chi connectivity index (χ1n) is 19.0. The molecule has 3 atom stereocenters. The van der Waals surface area contributed by atoms with Crippen molar-refractivity contribution in [1.29, 1.82) is 0 Å². The number of nitrogens with zero attached hydrogens (tertiary/aromatic N) is 2. The maximum absolute atomic E-state index is 18.3. The van der Waals surface area contributed by atoms with Crippen LogP contribution in [0.15, 0.2) is 26.5 Å². The topological polar surface area (TPSA) is 81.0 Å².